The first-order valence-corrected chi connectivity index (χ1v) is 13.1. The summed E-state index contributed by atoms with van der Waals surface area (Å²) in [5.41, 5.74) is 3.14. The molecule has 0 unspecified atom stereocenters. The summed E-state index contributed by atoms with van der Waals surface area (Å²) >= 11 is 7.08. The van der Waals surface area contributed by atoms with E-state index in [0.717, 1.165) is 14.5 Å². The number of ether oxygens (including phenoxy) is 2. The van der Waals surface area contributed by atoms with Crippen LogP contribution in [0.25, 0.3) is 0 Å². The van der Waals surface area contributed by atoms with Gasteiger partial charge in [0.1, 0.15) is 17.2 Å². The molecule has 0 amide bonds. The molecule has 4 aromatic rings. The summed E-state index contributed by atoms with van der Waals surface area (Å²) in [5, 5.41) is 9.68. The van der Waals surface area contributed by atoms with Gasteiger partial charge in [-0.3, -0.25) is 4.79 Å². The van der Waals surface area contributed by atoms with Crippen LogP contribution in [0.2, 0.25) is 0 Å². The van der Waals surface area contributed by atoms with Crippen molar-refractivity contribution in [3.05, 3.63) is 116 Å². The number of para-hydroxylation sites is 1. The van der Waals surface area contributed by atoms with Gasteiger partial charge in [-0.25, -0.2) is 0 Å². The normalized spacial score (nSPS) is 10.5. The maximum absolute atomic E-state index is 13.8. The summed E-state index contributed by atoms with van der Waals surface area (Å²) < 4.78 is 13.5. The molecule has 0 aromatic heterocycles. The third kappa shape index (κ3) is 6.25. The van der Waals surface area contributed by atoms with Crippen molar-refractivity contribution in [1.82, 2.24) is 0 Å². The topological polar surface area (TPSA) is 55.8 Å². The fraction of sp³-hybridized carbons (Fsp3) is 0.129. The molecule has 0 bridgehead atoms. The Hall–Kier alpha value is -3.53. The maximum Gasteiger partial charge on any atom is 0.196 e. The molecule has 4 aromatic carbocycles. The second-order valence-electron chi connectivity index (χ2n) is 8.61. The van der Waals surface area contributed by atoms with Gasteiger partial charge in [-0.1, -0.05) is 50.0 Å². The van der Waals surface area contributed by atoms with Gasteiger partial charge in [-0.05, 0) is 92.4 Å². The Bertz CT molecular complexity index is 1510. The number of carbonyl (C=O) groups excluding carboxylic acids is 1. The predicted molar refractivity (Wildman–Crippen MR) is 153 cm³/mol. The third-order valence-corrected chi connectivity index (χ3v) is 6.90. The van der Waals surface area contributed by atoms with Crippen molar-refractivity contribution < 1.29 is 19.4 Å². The fourth-order valence-electron chi connectivity index (χ4n) is 3.78. The van der Waals surface area contributed by atoms with Gasteiger partial charge in [0.05, 0.1) is 21.6 Å². The molecule has 1 N–H and O–H groups in total. The van der Waals surface area contributed by atoms with E-state index < -0.39 is 0 Å². The Kier molecular flexibility index (Phi) is 8.38. The minimum Gasteiger partial charge on any atom is -0.508 e. The van der Waals surface area contributed by atoms with Crippen LogP contribution in [0.5, 0.6) is 23.0 Å². The van der Waals surface area contributed by atoms with Crippen LogP contribution in [0.1, 0.15) is 52.4 Å². The number of aromatic hydroxyl groups is 1. The average Bonchev–Trinajstić information content (AvgIpc) is 2.89. The molecule has 0 atom stereocenters. The van der Waals surface area contributed by atoms with Crippen molar-refractivity contribution in [2.24, 2.45) is 0 Å². The molecule has 0 heterocycles. The maximum atomic E-state index is 13.8. The molecular formula is C31H24Br2O4. The quantitative estimate of drug-likeness (QED) is 0.174. The molecular weight excluding hydrogens is 596 g/mol. The van der Waals surface area contributed by atoms with E-state index in [1.807, 2.05) is 36.4 Å². The van der Waals surface area contributed by atoms with Crippen molar-refractivity contribution >= 4 is 37.6 Å². The zero-order valence-electron chi connectivity index (χ0n) is 20.5. The lowest BCUT2D eigenvalue weighted by Gasteiger charge is -2.19. The molecule has 0 aliphatic carbocycles. The van der Waals surface area contributed by atoms with Gasteiger partial charge in [0.15, 0.2) is 11.5 Å². The van der Waals surface area contributed by atoms with E-state index in [1.165, 1.54) is 0 Å². The largest absolute Gasteiger partial charge is 0.508 e. The predicted octanol–water partition coefficient (Wildman–Crippen LogP) is 8.47. The first-order valence-electron chi connectivity index (χ1n) is 11.6. The van der Waals surface area contributed by atoms with Gasteiger partial charge in [-0.15, -0.1) is 0 Å². The lowest BCUT2D eigenvalue weighted by atomic mass is 9.95. The molecule has 0 radical (unpaired) electrons. The smallest absolute Gasteiger partial charge is 0.196 e. The second-order valence-corrected chi connectivity index (χ2v) is 10.3. The average molecular weight is 620 g/mol. The highest BCUT2D eigenvalue weighted by Gasteiger charge is 2.22. The molecule has 37 heavy (non-hydrogen) atoms. The summed E-state index contributed by atoms with van der Waals surface area (Å²) in [6.45, 7) is 4.12. The molecule has 0 fully saturated rings. The molecule has 0 spiro atoms. The van der Waals surface area contributed by atoms with Crippen LogP contribution >= 0.6 is 31.9 Å². The Balaban J connectivity index is 1.77. The molecule has 186 valence electrons. The minimum absolute atomic E-state index is 0.152. The Morgan fingerprint density at radius 1 is 0.838 bits per heavy atom. The Morgan fingerprint density at radius 3 is 2.08 bits per heavy atom. The Labute approximate surface area is 233 Å². The number of hydrogen-bond acceptors (Lipinski definition) is 4. The number of rotatable bonds is 6. The number of halogens is 2. The fourth-order valence-corrected chi connectivity index (χ4v) is 4.94. The van der Waals surface area contributed by atoms with E-state index >= 15 is 0 Å². The highest BCUT2D eigenvalue weighted by molar-refractivity contribution is 9.11. The number of methoxy groups -OCH3 is 1. The molecule has 0 saturated carbocycles. The van der Waals surface area contributed by atoms with E-state index in [-0.39, 0.29) is 17.5 Å². The SMILES string of the molecule is COc1cc(C(=O)c2cccc(C#Cc3cccc(O)c3)c2)c(Oc2c(Br)cccc2Br)cc1C(C)C. The number of phenols is 1. The zero-order valence-corrected chi connectivity index (χ0v) is 23.7. The highest BCUT2D eigenvalue weighted by atomic mass is 79.9. The molecule has 6 heteroatoms. The summed E-state index contributed by atoms with van der Waals surface area (Å²) in [7, 11) is 1.60. The summed E-state index contributed by atoms with van der Waals surface area (Å²) in [6, 6.07) is 23.1. The van der Waals surface area contributed by atoms with Crippen LogP contribution in [0.4, 0.5) is 0 Å². The van der Waals surface area contributed by atoms with Crippen molar-refractivity contribution in [3.8, 4) is 34.8 Å². The summed E-state index contributed by atoms with van der Waals surface area (Å²) in [6.07, 6.45) is 0. The van der Waals surface area contributed by atoms with Gasteiger partial charge in [-0.2, -0.15) is 0 Å². The molecule has 4 nitrogen and oxygen atoms in total. The van der Waals surface area contributed by atoms with Crippen molar-refractivity contribution in [2.75, 3.05) is 7.11 Å². The van der Waals surface area contributed by atoms with E-state index in [2.05, 4.69) is 57.5 Å². The van der Waals surface area contributed by atoms with Gasteiger partial charge in [0.25, 0.3) is 0 Å². The molecule has 0 aliphatic heterocycles. The second kappa shape index (κ2) is 11.7. The first-order chi connectivity index (χ1) is 17.8. The van der Waals surface area contributed by atoms with Crippen LogP contribution in [-0.2, 0) is 0 Å². The van der Waals surface area contributed by atoms with Crippen LogP contribution < -0.4 is 9.47 Å². The Morgan fingerprint density at radius 2 is 1.46 bits per heavy atom. The standard InChI is InChI=1S/C31H24Br2O4/c1-19(2)24-17-29(37-31-26(32)11-6-12-27(31)33)25(18-28(24)36-3)30(35)22-9-4-7-20(15-22)13-14-21-8-5-10-23(34)16-21/h4-12,15-19,34H,1-3H3. The van der Waals surface area contributed by atoms with Crippen LogP contribution in [-0.4, -0.2) is 18.0 Å². The van der Waals surface area contributed by atoms with Gasteiger partial charge >= 0.3 is 0 Å². The number of hydrogen-bond donors (Lipinski definition) is 1. The van der Waals surface area contributed by atoms with Gasteiger partial charge < -0.3 is 14.6 Å². The lowest BCUT2D eigenvalue weighted by Crippen LogP contribution is -2.07. The van der Waals surface area contributed by atoms with Crippen LogP contribution in [0.3, 0.4) is 0 Å². The number of phenolic OH excluding ortho intramolecular Hbond substituents is 1. The minimum atomic E-state index is -0.215. The number of ketones is 1. The molecule has 0 aliphatic rings. The zero-order chi connectivity index (χ0) is 26.5. The van der Waals surface area contributed by atoms with Gasteiger partial charge in [0.2, 0.25) is 0 Å². The van der Waals surface area contributed by atoms with Crippen molar-refractivity contribution in [1.29, 1.82) is 0 Å². The number of carbonyl (C=O) groups is 1. The summed E-state index contributed by atoms with van der Waals surface area (Å²) in [4.78, 5) is 13.8. The van der Waals surface area contributed by atoms with Gasteiger partial charge in [0, 0.05) is 22.3 Å². The molecule has 4 rings (SSSR count). The molecule has 0 saturated heterocycles. The van der Waals surface area contributed by atoms with Crippen LogP contribution in [0.15, 0.2) is 87.8 Å². The first kappa shape index (κ1) is 26.5. The third-order valence-electron chi connectivity index (χ3n) is 5.65. The number of benzene rings is 4. The monoisotopic (exact) mass is 618 g/mol. The lowest BCUT2D eigenvalue weighted by molar-refractivity contribution is 0.103. The van der Waals surface area contributed by atoms with E-state index in [4.69, 9.17) is 9.47 Å². The van der Waals surface area contributed by atoms with E-state index in [1.54, 1.807) is 49.6 Å². The highest BCUT2D eigenvalue weighted by Crippen LogP contribution is 2.41. The van der Waals surface area contributed by atoms with Crippen molar-refractivity contribution in [2.45, 2.75) is 19.8 Å². The van der Waals surface area contributed by atoms with E-state index in [9.17, 15) is 9.90 Å². The van der Waals surface area contributed by atoms with Crippen LogP contribution in [0, 0.1) is 11.8 Å². The summed E-state index contributed by atoms with van der Waals surface area (Å²) in [5.74, 6) is 7.81. The van der Waals surface area contributed by atoms with E-state index in [0.29, 0.717) is 39.5 Å². The van der Waals surface area contributed by atoms with Crippen molar-refractivity contribution in [3.63, 3.8) is 0 Å².